The van der Waals surface area contributed by atoms with Crippen molar-refractivity contribution < 1.29 is 13.5 Å². The second-order valence-electron chi connectivity index (χ2n) is 4.01. The Morgan fingerprint density at radius 1 is 1.47 bits per heavy atom. The first-order chi connectivity index (χ1) is 8.65. The number of halogens is 3. The van der Waals surface area contributed by atoms with E-state index in [-0.39, 0.29) is 29.7 Å². The van der Waals surface area contributed by atoms with Crippen LogP contribution in [0.1, 0.15) is 5.56 Å². The lowest BCUT2D eigenvalue weighted by molar-refractivity contribution is -0.0498. The normalized spacial score (nSPS) is 14.1. The summed E-state index contributed by atoms with van der Waals surface area (Å²) in [5.41, 5.74) is 0.871. The maximum absolute atomic E-state index is 12.1. The lowest BCUT2D eigenvalue weighted by atomic mass is 10.2. The maximum atomic E-state index is 12.1. The summed E-state index contributed by atoms with van der Waals surface area (Å²) < 4.78 is 28.5. The van der Waals surface area contributed by atoms with E-state index in [1.54, 1.807) is 12.1 Å². The van der Waals surface area contributed by atoms with Gasteiger partial charge in [0.05, 0.1) is 6.54 Å². The highest BCUT2D eigenvalue weighted by molar-refractivity contribution is 14.0. The Kier molecular flexibility index (Phi) is 6.26. The van der Waals surface area contributed by atoms with Crippen molar-refractivity contribution in [3.63, 3.8) is 0 Å². The summed E-state index contributed by atoms with van der Waals surface area (Å²) in [6.07, 6.45) is 0. The number of alkyl halides is 2. The number of aliphatic imine (C=N–C) groups is 1. The molecule has 0 atom stereocenters. The molecule has 0 spiro atoms. The fourth-order valence-electron chi connectivity index (χ4n) is 1.74. The Bertz CT molecular complexity index is 443. The molecule has 106 valence electrons. The lowest BCUT2D eigenvalue weighted by Gasteiger charge is -2.15. The average molecular weight is 383 g/mol. The first kappa shape index (κ1) is 15.9. The smallest absolute Gasteiger partial charge is 0.387 e. The quantitative estimate of drug-likeness (QED) is 0.811. The van der Waals surface area contributed by atoms with Crippen molar-refractivity contribution in [2.24, 2.45) is 4.99 Å². The molecule has 0 saturated heterocycles. The fraction of sp³-hybridized carbons (Fsp3) is 0.417. The minimum atomic E-state index is -2.79. The predicted molar refractivity (Wildman–Crippen MR) is 80.3 cm³/mol. The van der Waals surface area contributed by atoms with E-state index >= 15 is 0 Å². The number of ether oxygens (including phenoxy) is 1. The number of hydrogen-bond acceptors (Lipinski definition) is 4. The number of rotatable bonds is 4. The van der Waals surface area contributed by atoms with E-state index in [0.717, 1.165) is 24.6 Å². The van der Waals surface area contributed by atoms with E-state index in [4.69, 9.17) is 0 Å². The predicted octanol–water partition coefficient (Wildman–Crippen LogP) is 2.30. The van der Waals surface area contributed by atoms with Crippen LogP contribution >= 0.6 is 24.0 Å². The molecule has 7 heteroatoms. The number of guanidine groups is 1. The van der Waals surface area contributed by atoms with Gasteiger partial charge < -0.3 is 15.0 Å². The van der Waals surface area contributed by atoms with Crippen LogP contribution in [-0.4, -0.2) is 37.6 Å². The van der Waals surface area contributed by atoms with Gasteiger partial charge in [0.1, 0.15) is 5.75 Å². The van der Waals surface area contributed by atoms with E-state index in [0.29, 0.717) is 6.54 Å². The van der Waals surface area contributed by atoms with Crippen LogP contribution in [-0.2, 0) is 6.54 Å². The molecule has 2 rings (SSSR count). The summed E-state index contributed by atoms with van der Waals surface area (Å²) in [6.45, 7) is -0.577. The van der Waals surface area contributed by atoms with Crippen molar-refractivity contribution in [3.8, 4) is 5.75 Å². The van der Waals surface area contributed by atoms with Gasteiger partial charge in [-0.1, -0.05) is 12.1 Å². The number of hydrogen-bond donors (Lipinski definition) is 1. The van der Waals surface area contributed by atoms with Gasteiger partial charge in [0.2, 0.25) is 0 Å². The highest BCUT2D eigenvalue weighted by Gasteiger charge is 2.11. The Morgan fingerprint density at radius 3 is 2.89 bits per heavy atom. The minimum absolute atomic E-state index is 0. The second-order valence-corrected chi connectivity index (χ2v) is 4.01. The Labute approximate surface area is 127 Å². The third-order valence-electron chi connectivity index (χ3n) is 2.63. The van der Waals surface area contributed by atoms with Crippen LogP contribution in [0.2, 0.25) is 0 Å². The Morgan fingerprint density at radius 2 is 2.26 bits per heavy atom. The molecule has 0 amide bonds. The van der Waals surface area contributed by atoms with Crippen molar-refractivity contribution in [2.75, 3.05) is 20.1 Å². The Balaban J connectivity index is 0.00000180. The van der Waals surface area contributed by atoms with Gasteiger partial charge in [0.25, 0.3) is 0 Å². The monoisotopic (exact) mass is 383 g/mol. The molecular weight excluding hydrogens is 367 g/mol. The summed E-state index contributed by atoms with van der Waals surface area (Å²) in [5.74, 6) is 1.00. The zero-order valence-corrected chi connectivity index (χ0v) is 12.8. The standard InChI is InChI=1S/C12H15F2N3O.HI/c1-17-6-5-15-12(17)16-8-9-3-2-4-10(7-9)18-11(13)14;/h2-4,7,11H,5-6,8H2,1H3,(H,15,16);1H. The van der Waals surface area contributed by atoms with Crippen LogP contribution in [0.25, 0.3) is 0 Å². The van der Waals surface area contributed by atoms with Gasteiger partial charge in [-0.3, -0.25) is 4.99 Å². The molecule has 1 aromatic carbocycles. The molecule has 1 aliphatic rings. The zero-order valence-electron chi connectivity index (χ0n) is 10.5. The van der Waals surface area contributed by atoms with Crippen LogP contribution in [0.5, 0.6) is 5.75 Å². The highest BCUT2D eigenvalue weighted by atomic mass is 127. The van der Waals surface area contributed by atoms with Crippen LogP contribution in [0, 0.1) is 0 Å². The molecule has 0 saturated carbocycles. The molecule has 0 radical (unpaired) electrons. The molecule has 19 heavy (non-hydrogen) atoms. The van der Waals surface area contributed by atoms with Crippen LogP contribution < -0.4 is 10.1 Å². The van der Waals surface area contributed by atoms with Crippen molar-refractivity contribution in [1.29, 1.82) is 0 Å². The van der Waals surface area contributed by atoms with Crippen molar-refractivity contribution in [3.05, 3.63) is 29.8 Å². The van der Waals surface area contributed by atoms with E-state index in [9.17, 15) is 8.78 Å². The van der Waals surface area contributed by atoms with E-state index in [2.05, 4.69) is 15.0 Å². The number of likely N-dealkylation sites (N-methyl/N-ethyl adjacent to an activating group) is 1. The summed E-state index contributed by atoms with van der Waals surface area (Å²) in [5, 5.41) is 3.16. The minimum Gasteiger partial charge on any atom is -0.435 e. The number of benzene rings is 1. The van der Waals surface area contributed by atoms with E-state index < -0.39 is 6.61 Å². The fourth-order valence-corrected chi connectivity index (χ4v) is 1.74. The maximum Gasteiger partial charge on any atom is 0.387 e. The largest absolute Gasteiger partial charge is 0.435 e. The zero-order chi connectivity index (χ0) is 13.0. The third kappa shape index (κ3) is 4.81. The van der Waals surface area contributed by atoms with Gasteiger partial charge in [-0.2, -0.15) is 8.78 Å². The van der Waals surface area contributed by atoms with Gasteiger partial charge in [-0.15, -0.1) is 24.0 Å². The molecule has 1 heterocycles. The lowest BCUT2D eigenvalue weighted by Crippen LogP contribution is -2.35. The van der Waals surface area contributed by atoms with Crippen molar-refractivity contribution in [2.45, 2.75) is 13.2 Å². The average Bonchev–Trinajstić information content (AvgIpc) is 2.72. The first-order valence-corrected chi connectivity index (χ1v) is 5.68. The molecule has 1 aromatic rings. The topological polar surface area (TPSA) is 36.9 Å². The molecule has 1 N–H and O–H groups in total. The van der Waals surface area contributed by atoms with Crippen LogP contribution in [0.4, 0.5) is 8.78 Å². The van der Waals surface area contributed by atoms with E-state index in [1.807, 2.05) is 18.0 Å². The molecule has 0 aromatic heterocycles. The van der Waals surface area contributed by atoms with Crippen molar-refractivity contribution >= 4 is 29.9 Å². The SMILES string of the molecule is CN1CCN=C1NCc1cccc(OC(F)F)c1.I. The second kappa shape index (κ2) is 7.46. The highest BCUT2D eigenvalue weighted by Crippen LogP contribution is 2.15. The third-order valence-corrected chi connectivity index (χ3v) is 2.63. The summed E-state index contributed by atoms with van der Waals surface area (Å²) in [4.78, 5) is 6.30. The first-order valence-electron chi connectivity index (χ1n) is 5.68. The van der Waals surface area contributed by atoms with Gasteiger partial charge in [0.15, 0.2) is 5.96 Å². The van der Waals surface area contributed by atoms with Crippen LogP contribution in [0.3, 0.4) is 0 Å². The molecule has 0 unspecified atom stereocenters. The van der Waals surface area contributed by atoms with Gasteiger partial charge in [-0.05, 0) is 17.7 Å². The molecule has 0 bridgehead atoms. The van der Waals surface area contributed by atoms with Gasteiger partial charge in [0, 0.05) is 20.1 Å². The van der Waals surface area contributed by atoms with Crippen molar-refractivity contribution in [1.82, 2.24) is 10.2 Å². The number of nitrogens with one attached hydrogen (secondary N) is 1. The van der Waals surface area contributed by atoms with E-state index in [1.165, 1.54) is 6.07 Å². The van der Waals surface area contributed by atoms with Crippen LogP contribution in [0.15, 0.2) is 29.3 Å². The molecule has 0 fully saturated rings. The molecule has 0 aliphatic carbocycles. The molecular formula is C12H16F2IN3O. The summed E-state index contributed by atoms with van der Waals surface area (Å²) in [6, 6.07) is 6.64. The number of nitrogens with zero attached hydrogens (tertiary/aromatic N) is 2. The van der Waals surface area contributed by atoms with Gasteiger partial charge in [-0.25, -0.2) is 0 Å². The molecule has 4 nitrogen and oxygen atoms in total. The van der Waals surface area contributed by atoms with Gasteiger partial charge >= 0.3 is 6.61 Å². The molecule has 1 aliphatic heterocycles. The summed E-state index contributed by atoms with van der Waals surface area (Å²) >= 11 is 0. The Hall–Kier alpha value is -1.12. The summed E-state index contributed by atoms with van der Waals surface area (Å²) in [7, 11) is 1.95.